The molecule has 2 atom stereocenters. The molecule has 0 saturated heterocycles. The zero-order valence-electron chi connectivity index (χ0n) is 12.9. The predicted molar refractivity (Wildman–Crippen MR) is 74.7 cm³/mol. The van der Waals surface area contributed by atoms with Crippen molar-refractivity contribution in [1.29, 1.82) is 0 Å². The lowest BCUT2D eigenvalue weighted by molar-refractivity contribution is -0.145. The molecule has 7 nitrogen and oxygen atoms in total. The molecule has 2 heterocycles. The molecule has 1 aromatic heterocycles. The van der Waals surface area contributed by atoms with E-state index in [0.717, 1.165) is 37.5 Å². The first kappa shape index (κ1) is 15.9. The highest BCUT2D eigenvalue weighted by Gasteiger charge is 2.26. The molecule has 0 bridgehead atoms. The van der Waals surface area contributed by atoms with Gasteiger partial charge in [0.25, 0.3) is 0 Å². The number of esters is 1. The van der Waals surface area contributed by atoms with Gasteiger partial charge in [-0.1, -0.05) is 0 Å². The molecule has 0 spiro atoms. The van der Waals surface area contributed by atoms with E-state index in [2.05, 4.69) is 14.8 Å². The molecule has 2 rings (SSSR count). The van der Waals surface area contributed by atoms with Crippen LogP contribution in [0.3, 0.4) is 0 Å². The highest BCUT2D eigenvalue weighted by atomic mass is 16.5. The number of nitrogens with zero attached hydrogens (tertiary/aromatic N) is 3. The first-order chi connectivity index (χ1) is 10.2. The summed E-state index contributed by atoms with van der Waals surface area (Å²) in [6.07, 6.45) is 2.09. The number of aromatic nitrogens is 3. The largest absolute Gasteiger partial charge is 0.469 e. The van der Waals surface area contributed by atoms with E-state index in [1.165, 1.54) is 7.11 Å². The third kappa shape index (κ3) is 3.79. The van der Waals surface area contributed by atoms with Gasteiger partial charge < -0.3 is 18.8 Å². The Morgan fingerprint density at radius 2 is 2.14 bits per heavy atom. The van der Waals surface area contributed by atoms with Crippen LogP contribution in [0.4, 0.5) is 0 Å². The zero-order chi connectivity index (χ0) is 15.2. The molecular weight excluding hydrogens is 274 g/mol. The van der Waals surface area contributed by atoms with Crippen LogP contribution >= 0.6 is 0 Å². The Morgan fingerprint density at radius 1 is 1.33 bits per heavy atom. The molecule has 21 heavy (non-hydrogen) atoms. The number of ether oxygens (including phenoxy) is 3. The summed E-state index contributed by atoms with van der Waals surface area (Å²) in [6, 6.07) is 0. The standard InChI is InChI=1S/C14H23N3O4/c1-10(21-9-8-19-2)13-16-15-12-5-4-11(14(18)20-3)6-7-17(12)13/h10-11H,4-9H2,1-3H3. The van der Waals surface area contributed by atoms with Crippen LogP contribution in [0.25, 0.3) is 0 Å². The van der Waals surface area contributed by atoms with Gasteiger partial charge in [0, 0.05) is 20.1 Å². The van der Waals surface area contributed by atoms with Crippen molar-refractivity contribution in [2.75, 3.05) is 27.4 Å². The number of hydrogen-bond acceptors (Lipinski definition) is 6. The van der Waals surface area contributed by atoms with Gasteiger partial charge in [-0.15, -0.1) is 10.2 Å². The number of aryl methyl sites for hydroxylation is 1. The molecule has 0 radical (unpaired) electrons. The SMILES string of the molecule is COCCOC(C)c1nnc2n1CCC(C(=O)OC)CC2. The van der Waals surface area contributed by atoms with E-state index in [1.54, 1.807) is 7.11 Å². The smallest absolute Gasteiger partial charge is 0.308 e. The van der Waals surface area contributed by atoms with E-state index < -0.39 is 0 Å². The normalized spacial score (nSPS) is 19.7. The van der Waals surface area contributed by atoms with Gasteiger partial charge in [-0.05, 0) is 19.8 Å². The van der Waals surface area contributed by atoms with Crippen LogP contribution in [0.1, 0.15) is 37.5 Å². The van der Waals surface area contributed by atoms with Crippen molar-refractivity contribution in [1.82, 2.24) is 14.8 Å². The fraction of sp³-hybridized carbons (Fsp3) is 0.786. The summed E-state index contributed by atoms with van der Waals surface area (Å²) in [5.74, 6) is 1.53. The topological polar surface area (TPSA) is 75.5 Å². The molecule has 1 aromatic rings. The van der Waals surface area contributed by atoms with E-state index in [0.29, 0.717) is 13.2 Å². The molecule has 2 unspecified atom stereocenters. The van der Waals surface area contributed by atoms with Crippen molar-refractivity contribution in [2.45, 2.75) is 38.8 Å². The average Bonchev–Trinajstić information content (AvgIpc) is 2.78. The average molecular weight is 297 g/mol. The maximum Gasteiger partial charge on any atom is 0.308 e. The van der Waals surface area contributed by atoms with Gasteiger partial charge in [-0.2, -0.15) is 0 Å². The van der Waals surface area contributed by atoms with Gasteiger partial charge in [-0.3, -0.25) is 4.79 Å². The number of carbonyl (C=O) groups excluding carboxylic acids is 1. The zero-order valence-corrected chi connectivity index (χ0v) is 12.9. The molecule has 0 fully saturated rings. The van der Waals surface area contributed by atoms with Gasteiger partial charge >= 0.3 is 5.97 Å². The fourth-order valence-corrected chi connectivity index (χ4v) is 2.60. The minimum atomic E-state index is -0.143. The van der Waals surface area contributed by atoms with Crippen LogP contribution < -0.4 is 0 Å². The number of methoxy groups -OCH3 is 2. The molecule has 1 aliphatic rings. The van der Waals surface area contributed by atoms with Crippen molar-refractivity contribution in [2.24, 2.45) is 5.92 Å². The summed E-state index contributed by atoms with van der Waals surface area (Å²) in [5, 5.41) is 8.47. The predicted octanol–water partition coefficient (Wildman–Crippen LogP) is 1.13. The second-order valence-electron chi connectivity index (χ2n) is 5.18. The van der Waals surface area contributed by atoms with Crippen LogP contribution in [0.15, 0.2) is 0 Å². The first-order valence-corrected chi connectivity index (χ1v) is 7.27. The Hall–Kier alpha value is -1.47. The maximum absolute atomic E-state index is 11.7. The molecule has 118 valence electrons. The van der Waals surface area contributed by atoms with E-state index in [9.17, 15) is 4.79 Å². The molecule has 1 aliphatic heterocycles. The summed E-state index contributed by atoms with van der Waals surface area (Å²) in [5.41, 5.74) is 0. The van der Waals surface area contributed by atoms with Gasteiger partial charge in [0.15, 0.2) is 5.82 Å². The lowest BCUT2D eigenvalue weighted by Gasteiger charge is -2.15. The lowest BCUT2D eigenvalue weighted by Crippen LogP contribution is -2.17. The summed E-state index contributed by atoms with van der Waals surface area (Å²) in [7, 11) is 3.08. The van der Waals surface area contributed by atoms with Gasteiger partial charge in [0.2, 0.25) is 0 Å². The van der Waals surface area contributed by atoms with Crippen molar-refractivity contribution in [3.63, 3.8) is 0 Å². The minimum Gasteiger partial charge on any atom is -0.469 e. The quantitative estimate of drug-likeness (QED) is 0.579. The van der Waals surface area contributed by atoms with Crippen LogP contribution in [-0.2, 0) is 32.0 Å². The Kier molecular flexibility index (Phi) is 5.69. The highest BCUT2D eigenvalue weighted by molar-refractivity contribution is 5.72. The van der Waals surface area contributed by atoms with Gasteiger partial charge in [0.05, 0.1) is 26.2 Å². The van der Waals surface area contributed by atoms with Crippen molar-refractivity contribution in [3.8, 4) is 0 Å². The summed E-state index contributed by atoms with van der Waals surface area (Å²) >= 11 is 0. The Morgan fingerprint density at radius 3 is 2.86 bits per heavy atom. The molecule has 0 amide bonds. The highest BCUT2D eigenvalue weighted by Crippen LogP contribution is 2.24. The molecular formula is C14H23N3O4. The lowest BCUT2D eigenvalue weighted by atomic mass is 10.0. The van der Waals surface area contributed by atoms with E-state index in [-0.39, 0.29) is 18.0 Å². The molecule has 0 N–H and O–H groups in total. The third-order valence-corrected chi connectivity index (χ3v) is 3.83. The molecule has 0 aromatic carbocycles. The molecule has 7 heteroatoms. The summed E-state index contributed by atoms with van der Waals surface area (Å²) in [6.45, 7) is 3.74. The van der Waals surface area contributed by atoms with E-state index in [1.807, 2.05) is 6.92 Å². The van der Waals surface area contributed by atoms with Crippen molar-refractivity contribution in [3.05, 3.63) is 11.6 Å². The first-order valence-electron chi connectivity index (χ1n) is 7.27. The van der Waals surface area contributed by atoms with Crippen LogP contribution in [0.2, 0.25) is 0 Å². The Labute approximate surface area is 124 Å². The number of fused-ring (bicyclic) bond motifs is 1. The number of carbonyl (C=O) groups is 1. The Bertz CT molecular complexity index is 475. The van der Waals surface area contributed by atoms with Crippen LogP contribution in [-0.4, -0.2) is 48.2 Å². The van der Waals surface area contributed by atoms with E-state index >= 15 is 0 Å². The number of hydrogen-bond donors (Lipinski definition) is 0. The van der Waals surface area contributed by atoms with Gasteiger partial charge in [0.1, 0.15) is 11.9 Å². The molecule has 0 saturated carbocycles. The van der Waals surface area contributed by atoms with Crippen molar-refractivity contribution >= 4 is 5.97 Å². The Balaban J connectivity index is 2.03. The second kappa shape index (κ2) is 7.51. The number of rotatable bonds is 6. The van der Waals surface area contributed by atoms with Crippen molar-refractivity contribution < 1.29 is 19.0 Å². The van der Waals surface area contributed by atoms with Crippen LogP contribution in [0.5, 0.6) is 0 Å². The van der Waals surface area contributed by atoms with Crippen LogP contribution in [0, 0.1) is 5.92 Å². The maximum atomic E-state index is 11.7. The summed E-state index contributed by atoms with van der Waals surface area (Å²) in [4.78, 5) is 11.7. The monoisotopic (exact) mass is 297 g/mol. The summed E-state index contributed by atoms with van der Waals surface area (Å²) < 4.78 is 17.6. The minimum absolute atomic E-state index is 0.0609. The fourth-order valence-electron chi connectivity index (χ4n) is 2.60. The van der Waals surface area contributed by atoms with Gasteiger partial charge in [-0.25, -0.2) is 0 Å². The second-order valence-corrected chi connectivity index (χ2v) is 5.18. The molecule has 0 aliphatic carbocycles. The third-order valence-electron chi connectivity index (χ3n) is 3.83. The van der Waals surface area contributed by atoms with E-state index in [4.69, 9.17) is 14.2 Å².